The first kappa shape index (κ1) is 25.2. The van der Waals surface area contributed by atoms with Gasteiger partial charge in [-0.2, -0.15) is 0 Å². The van der Waals surface area contributed by atoms with Crippen LogP contribution in [0.15, 0.2) is 169 Å². The van der Waals surface area contributed by atoms with E-state index in [-0.39, 0.29) is 6.04 Å². The standard InChI is InChI=1S/C39H34N2/c1-4-11-29(12-5-1)31-19-21-32(22-20-31)34-17-10-18-36(27-34)39-25-26-41(39)40-38-28-35(30-13-6-2-7-14-30)23-24-37(38)33-15-8-3-9-16-33/h1-16,18-19,21-28,31,34,39-40H,17,20H2. The molecule has 1 aliphatic heterocycles. The molecule has 0 spiro atoms. The minimum atomic E-state index is 0.197. The number of anilines is 1. The van der Waals surface area contributed by atoms with E-state index in [2.05, 4.69) is 168 Å². The Labute approximate surface area is 243 Å². The van der Waals surface area contributed by atoms with Crippen LogP contribution in [0.3, 0.4) is 0 Å². The average Bonchev–Trinajstić information content (AvgIpc) is 3.04. The maximum absolute atomic E-state index is 3.76. The normalized spacial score (nSPS) is 21.2. The zero-order valence-corrected chi connectivity index (χ0v) is 23.1. The summed E-state index contributed by atoms with van der Waals surface area (Å²) in [6, 6.07) is 39.0. The molecule has 0 bridgehead atoms. The van der Waals surface area contributed by atoms with Gasteiger partial charge in [-0.05, 0) is 58.4 Å². The van der Waals surface area contributed by atoms with Gasteiger partial charge >= 0.3 is 0 Å². The Morgan fingerprint density at radius 1 is 0.610 bits per heavy atom. The maximum atomic E-state index is 3.76. The Balaban J connectivity index is 1.11. The molecule has 3 atom stereocenters. The summed E-state index contributed by atoms with van der Waals surface area (Å²) in [7, 11) is 0. The molecule has 0 fully saturated rings. The third kappa shape index (κ3) is 5.34. The summed E-state index contributed by atoms with van der Waals surface area (Å²) in [5.41, 5.74) is 13.9. The highest BCUT2D eigenvalue weighted by molar-refractivity contribution is 5.82. The molecule has 4 aromatic carbocycles. The van der Waals surface area contributed by atoms with E-state index >= 15 is 0 Å². The van der Waals surface area contributed by atoms with E-state index < -0.39 is 0 Å². The molecular formula is C39H34N2. The van der Waals surface area contributed by atoms with Gasteiger partial charge in [0, 0.05) is 23.6 Å². The third-order valence-electron chi connectivity index (χ3n) is 8.41. The van der Waals surface area contributed by atoms with E-state index in [0.29, 0.717) is 11.8 Å². The molecule has 4 aromatic rings. The van der Waals surface area contributed by atoms with Crippen molar-refractivity contribution in [3.63, 3.8) is 0 Å². The zero-order chi connectivity index (χ0) is 27.4. The highest BCUT2D eigenvalue weighted by Gasteiger charge is 2.27. The summed E-state index contributed by atoms with van der Waals surface area (Å²) < 4.78 is 0. The zero-order valence-electron chi connectivity index (χ0n) is 23.1. The Hall–Kier alpha value is -4.82. The van der Waals surface area contributed by atoms with Gasteiger partial charge in [0.2, 0.25) is 0 Å². The number of hydrogen-bond donors (Lipinski definition) is 1. The van der Waals surface area contributed by atoms with Crippen LogP contribution in [0.25, 0.3) is 22.3 Å². The smallest absolute Gasteiger partial charge is 0.0942 e. The first-order chi connectivity index (χ1) is 20.3. The summed E-state index contributed by atoms with van der Waals surface area (Å²) in [5.74, 6) is 0.891. The highest BCUT2D eigenvalue weighted by Crippen LogP contribution is 2.37. The Kier molecular flexibility index (Phi) is 6.97. The summed E-state index contributed by atoms with van der Waals surface area (Å²) in [6.07, 6.45) is 20.9. The molecule has 0 saturated heterocycles. The predicted molar refractivity (Wildman–Crippen MR) is 172 cm³/mol. The largest absolute Gasteiger partial charge is 0.297 e. The molecular weight excluding hydrogens is 496 g/mol. The Morgan fingerprint density at radius 3 is 2.02 bits per heavy atom. The van der Waals surface area contributed by atoms with Gasteiger partial charge in [0.15, 0.2) is 0 Å². The van der Waals surface area contributed by atoms with Gasteiger partial charge in [0.05, 0.1) is 11.7 Å². The number of allylic oxidation sites excluding steroid dienone is 6. The molecule has 0 saturated carbocycles. The lowest BCUT2D eigenvalue weighted by Gasteiger charge is -2.39. The van der Waals surface area contributed by atoms with Gasteiger partial charge in [-0.15, -0.1) is 0 Å². The van der Waals surface area contributed by atoms with Crippen LogP contribution in [0.5, 0.6) is 0 Å². The topological polar surface area (TPSA) is 15.3 Å². The summed E-state index contributed by atoms with van der Waals surface area (Å²) in [4.78, 5) is 0. The van der Waals surface area contributed by atoms with Crippen LogP contribution < -0.4 is 5.43 Å². The van der Waals surface area contributed by atoms with Crippen LogP contribution in [0.1, 0.15) is 24.3 Å². The molecule has 0 aromatic heterocycles. The SMILES string of the molecule is C1=CC(C2C=CN2Nc2cc(-c3ccccc3)ccc2-c2ccccc2)=CC(C2=CCC(c3ccccc3)C=C2)C1. The van der Waals surface area contributed by atoms with Gasteiger partial charge in [-0.1, -0.05) is 140 Å². The second-order valence-corrected chi connectivity index (χ2v) is 11.0. The van der Waals surface area contributed by atoms with Crippen LogP contribution in [0.2, 0.25) is 0 Å². The molecule has 1 heterocycles. The van der Waals surface area contributed by atoms with Gasteiger partial charge in [0.1, 0.15) is 0 Å². The van der Waals surface area contributed by atoms with Crippen molar-refractivity contribution >= 4 is 5.69 Å². The number of hydrogen-bond acceptors (Lipinski definition) is 2. The van der Waals surface area contributed by atoms with Crippen molar-refractivity contribution < 1.29 is 0 Å². The number of nitrogens with one attached hydrogen (secondary N) is 1. The first-order valence-corrected chi connectivity index (χ1v) is 14.6. The molecule has 3 unspecified atom stereocenters. The summed E-state index contributed by atoms with van der Waals surface area (Å²) in [6.45, 7) is 0. The van der Waals surface area contributed by atoms with Crippen molar-refractivity contribution in [2.24, 2.45) is 5.92 Å². The lowest BCUT2D eigenvalue weighted by molar-refractivity contribution is 0.369. The summed E-state index contributed by atoms with van der Waals surface area (Å²) >= 11 is 0. The monoisotopic (exact) mass is 530 g/mol. The maximum Gasteiger partial charge on any atom is 0.0942 e. The van der Waals surface area contributed by atoms with Crippen molar-refractivity contribution in [3.05, 3.63) is 175 Å². The minimum absolute atomic E-state index is 0.197. The van der Waals surface area contributed by atoms with Crippen molar-refractivity contribution in [2.75, 3.05) is 5.43 Å². The molecule has 2 aliphatic carbocycles. The number of hydrazine groups is 1. The molecule has 200 valence electrons. The second-order valence-electron chi connectivity index (χ2n) is 11.0. The van der Waals surface area contributed by atoms with Gasteiger partial charge in [0.25, 0.3) is 0 Å². The fraction of sp³-hybridized carbons (Fsp3) is 0.128. The van der Waals surface area contributed by atoms with Gasteiger partial charge in [-0.25, -0.2) is 0 Å². The second kappa shape index (κ2) is 11.3. The quantitative estimate of drug-likeness (QED) is 0.256. The van der Waals surface area contributed by atoms with E-state index in [1.165, 1.54) is 39.0 Å². The van der Waals surface area contributed by atoms with Crippen LogP contribution >= 0.6 is 0 Å². The van der Waals surface area contributed by atoms with Crippen LogP contribution in [0.4, 0.5) is 5.69 Å². The van der Waals surface area contributed by atoms with E-state index in [1.807, 2.05) is 0 Å². The molecule has 1 N–H and O–H groups in total. The number of benzene rings is 4. The highest BCUT2D eigenvalue weighted by atomic mass is 15.5. The molecule has 7 rings (SSSR count). The van der Waals surface area contributed by atoms with Crippen molar-refractivity contribution in [2.45, 2.75) is 24.8 Å². The molecule has 2 heteroatoms. The van der Waals surface area contributed by atoms with E-state index in [1.54, 1.807) is 0 Å². The number of nitrogens with zero attached hydrogens (tertiary/aromatic N) is 1. The van der Waals surface area contributed by atoms with E-state index in [4.69, 9.17) is 0 Å². The third-order valence-corrected chi connectivity index (χ3v) is 8.41. The summed E-state index contributed by atoms with van der Waals surface area (Å²) in [5, 5.41) is 2.24. The minimum Gasteiger partial charge on any atom is -0.297 e. The van der Waals surface area contributed by atoms with Crippen LogP contribution in [-0.4, -0.2) is 11.1 Å². The predicted octanol–water partition coefficient (Wildman–Crippen LogP) is 9.72. The van der Waals surface area contributed by atoms with Crippen molar-refractivity contribution in [1.82, 2.24) is 5.01 Å². The molecule has 0 amide bonds. The first-order valence-electron chi connectivity index (χ1n) is 14.6. The molecule has 2 nitrogen and oxygen atoms in total. The molecule has 41 heavy (non-hydrogen) atoms. The van der Waals surface area contributed by atoms with Crippen molar-refractivity contribution in [1.29, 1.82) is 0 Å². The lowest BCUT2D eigenvalue weighted by Crippen LogP contribution is -2.42. The fourth-order valence-corrected chi connectivity index (χ4v) is 6.09. The van der Waals surface area contributed by atoms with Crippen molar-refractivity contribution in [3.8, 4) is 22.3 Å². The van der Waals surface area contributed by atoms with Gasteiger partial charge in [-0.3, -0.25) is 10.4 Å². The van der Waals surface area contributed by atoms with Crippen LogP contribution in [0, 0.1) is 5.92 Å². The van der Waals surface area contributed by atoms with E-state index in [9.17, 15) is 0 Å². The Morgan fingerprint density at radius 2 is 1.34 bits per heavy atom. The fourth-order valence-electron chi connectivity index (χ4n) is 6.09. The Bertz CT molecular complexity index is 1660. The molecule has 3 aliphatic rings. The van der Waals surface area contributed by atoms with Gasteiger partial charge < -0.3 is 0 Å². The average molecular weight is 531 g/mol. The number of rotatable bonds is 7. The lowest BCUT2D eigenvalue weighted by atomic mass is 9.81. The van der Waals surface area contributed by atoms with E-state index in [0.717, 1.165) is 18.5 Å². The van der Waals surface area contributed by atoms with Crippen LogP contribution in [-0.2, 0) is 0 Å². The molecule has 0 radical (unpaired) electrons.